The van der Waals surface area contributed by atoms with Gasteiger partial charge in [0.1, 0.15) is 18.1 Å². The zero-order chi connectivity index (χ0) is 30.9. The van der Waals surface area contributed by atoms with Crippen molar-refractivity contribution in [1.29, 1.82) is 0 Å². The number of carbonyl (C=O) groups excluding carboxylic acids is 2. The number of morpholine rings is 1. The van der Waals surface area contributed by atoms with Crippen molar-refractivity contribution in [2.75, 3.05) is 59.7 Å². The molecular weight excluding hydrogens is 548 g/mol. The molecule has 1 N–H and O–H groups in total. The van der Waals surface area contributed by atoms with Crippen LogP contribution in [0, 0.1) is 12.8 Å². The Bertz CT molecular complexity index is 1330. The number of rotatable bonds is 14. The summed E-state index contributed by atoms with van der Waals surface area (Å²) in [6.07, 6.45) is 3.22. The zero-order valence-electron chi connectivity index (χ0n) is 25.8. The number of aliphatic hydroxyl groups excluding tert-OH is 1. The van der Waals surface area contributed by atoms with E-state index in [1.54, 1.807) is 48.4 Å². The number of hydrogen-bond donors (Lipinski definition) is 1. The molecule has 1 unspecified atom stereocenters. The Kier molecular flexibility index (Phi) is 11.3. The number of methoxy groups -OCH3 is 1. The number of benzene rings is 2. The summed E-state index contributed by atoms with van der Waals surface area (Å²) < 4.78 is 22.7. The minimum atomic E-state index is -0.792. The Morgan fingerprint density at radius 1 is 1.09 bits per heavy atom. The fourth-order valence-electron chi connectivity index (χ4n) is 5.42. The summed E-state index contributed by atoms with van der Waals surface area (Å²) in [5, 5.41) is 11.6. The lowest BCUT2D eigenvalue weighted by molar-refractivity contribution is -0.140. The molecule has 2 heterocycles. The number of amides is 1. The lowest BCUT2D eigenvalue weighted by Crippen LogP contribution is -2.39. The molecule has 2 fully saturated rings. The van der Waals surface area contributed by atoms with Crippen molar-refractivity contribution in [1.82, 2.24) is 9.80 Å². The summed E-state index contributed by atoms with van der Waals surface area (Å²) in [6.45, 7) is 14.8. The third kappa shape index (κ3) is 7.77. The third-order valence-electron chi connectivity index (χ3n) is 7.79. The van der Waals surface area contributed by atoms with Crippen LogP contribution in [0.1, 0.15) is 49.4 Å². The lowest BCUT2D eigenvalue weighted by atomic mass is 9.93. The van der Waals surface area contributed by atoms with Crippen molar-refractivity contribution in [2.45, 2.75) is 39.7 Å². The van der Waals surface area contributed by atoms with Gasteiger partial charge in [0.15, 0.2) is 11.5 Å². The van der Waals surface area contributed by atoms with E-state index in [1.807, 2.05) is 13.0 Å². The van der Waals surface area contributed by atoms with E-state index in [9.17, 15) is 14.7 Å². The second kappa shape index (κ2) is 15.1. The first-order valence-corrected chi connectivity index (χ1v) is 15.0. The molecule has 2 aliphatic heterocycles. The van der Waals surface area contributed by atoms with E-state index in [1.165, 1.54) is 0 Å². The quantitative estimate of drug-likeness (QED) is 0.139. The van der Waals surface area contributed by atoms with Crippen LogP contribution in [0.2, 0.25) is 0 Å². The Morgan fingerprint density at radius 3 is 2.53 bits per heavy atom. The van der Waals surface area contributed by atoms with Gasteiger partial charge in [-0.1, -0.05) is 32.6 Å². The number of Topliss-reactive ketones (excluding diaryl/α,β-unsaturated/α-hetero) is 1. The highest BCUT2D eigenvalue weighted by Gasteiger charge is 2.46. The maximum absolute atomic E-state index is 13.6. The summed E-state index contributed by atoms with van der Waals surface area (Å²) in [6, 6.07) is 9.87. The first-order valence-electron chi connectivity index (χ1n) is 15.0. The van der Waals surface area contributed by atoms with Crippen LogP contribution in [0.3, 0.4) is 0 Å². The molecule has 2 aromatic carbocycles. The monoisotopic (exact) mass is 592 g/mol. The van der Waals surface area contributed by atoms with Gasteiger partial charge >= 0.3 is 0 Å². The van der Waals surface area contributed by atoms with E-state index >= 15 is 0 Å². The molecule has 1 atom stereocenters. The minimum absolute atomic E-state index is 0.0507. The maximum Gasteiger partial charge on any atom is 0.295 e. The molecular formula is C34H44N2O7. The van der Waals surface area contributed by atoms with Gasteiger partial charge in [-0.2, -0.15) is 0 Å². The first-order chi connectivity index (χ1) is 20.7. The topological polar surface area (TPSA) is 97.8 Å². The highest BCUT2D eigenvalue weighted by atomic mass is 16.5. The zero-order valence-corrected chi connectivity index (χ0v) is 25.8. The van der Waals surface area contributed by atoms with E-state index in [-0.39, 0.29) is 11.3 Å². The summed E-state index contributed by atoms with van der Waals surface area (Å²) in [4.78, 5) is 31.0. The highest BCUT2D eigenvalue weighted by Crippen LogP contribution is 2.42. The molecule has 2 aliphatic rings. The van der Waals surface area contributed by atoms with E-state index < -0.39 is 17.7 Å². The van der Waals surface area contributed by atoms with Crippen molar-refractivity contribution in [2.24, 2.45) is 5.92 Å². The van der Waals surface area contributed by atoms with Gasteiger partial charge in [0, 0.05) is 31.7 Å². The summed E-state index contributed by atoms with van der Waals surface area (Å²) in [5.74, 6) is 0.635. The van der Waals surface area contributed by atoms with Crippen LogP contribution in [0.15, 0.2) is 54.6 Å². The minimum Gasteiger partial charge on any atom is -0.507 e. The second-order valence-electron chi connectivity index (χ2n) is 11.3. The van der Waals surface area contributed by atoms with Gasteiger partial charge in [-0.3, -0.25) is 14.5 Å². The molecule has 0 bridgehead atoms. The molecule has 0 aliphatic carbocycles. The molecule has 232 valence electrons. The normalized spacial score (nSPS) is 18.7. The maximum atomic E-state index is 13.6. The van der Waals surface area contributed by atoms with Gasteiger partial charge in [-0.25, -0.2) is 0 Å². The van der Waals surface area contributed by atoms with Crippen LogP contribution in [0.25, 0.3) is 5.76 Å². The van der Waals surface area contributed by atoms with E-state index in [4.69, 9.17) is 18.9 Å². The van der Waals surface area contributed by atoms with Crippen LogP contribution in [-0.2, 0) is 14.3 Å². The van der Waals surface area contributed by atoms with Gasteiger partial charge in [-0.05, 0) is 67.1 Å². The molecule has 9 nitrogen and oxygen atoms in total. The number of aryl methyl sites for hydroxylation is 1. The number of carbonyl (C=O) groups is 2. The van der Waals surface area contributed by atoms with Gasteiger partial charge < -0.3 is 29.0 Å². The summed E-state index contributed by atoms with van der Waals surface area (Å²) in [7, 11) is 1.56. The number of hydrogen-bond acceptors (Lipinski definition) is 8. The SMILES string of the molecule is C=CCOc1ccc(/C(O)=C2\C(=O)C(=O)N(CCCN3CCOCC3)C2c2ccc(OCCC(C)C)c(OC)c2)c(C)c1. The molecule has 0 saturated carbocycles. The number of nitrogens with zero attached hydrogens (tertiary/aromatic N) is 2. The molecule has 0 radical (unpaired) electrons. The average Bonchev–Trinajstić information content (AvgIpc) is 3.25. The van der Waals surface area contributed by atoms with Crippen molar-refractivity contribution < 1.29 is 33.6 Å². The van der Waals surface area contributed by atoms with E-state index in [0.717, 1.165) is 26.1 Å². The van der Waals surface area contributed by atoms with Crippen LogP contribution >= 0.6 is 0 Å². The Balaban J connectivity index is 1.71. The summed E-state index contributed by atoms with van der Waals surface area (Å²) >= 11 is 0. The van der Waals surface area contributed by atoms with Crippen LogP contribution in [0.4, 0.5) is 0 Å². The average molecular weight is 593 g/mol. The second-order valence-corrected chi connectivity index (χ2v) is 11.3. The highest BCUT2D eigenvalue weighted by molar-refractivity contribution is 6.46. The number of ketones is 1. The Labute approximate surface area is 254 Å². The Morgan fingerprint density at radius 2 is 1.86 bits per heavy atom. The van der Waals surface area contributed by atoms with Gasteiger partial charge in [0.2, 0.25) is 0 Å². The number of ether oxygens (including phenoxy) is 4. The van der Waals surface area contributed by atoms with Crippen molar-refractivity contribution in [3.05, 3.63) is 71.3 Å². The standard InChI is InChI=1S/C34H44N2O7/c1-6-17-42-26-9-10-27(24(4)21-26)32(37)30-31(25-8-11-28(29(22-25)40-5)43-18-12-23(2)3)36(34(39)33(30)38)14-7-13-35-15-19-41-20-16-35/h6,8-11,21-23,31,37H,1,7,12-20H2,2-5H3/b32-30+. The fraction of sp³-hybridized carbons (Fsp3) is 0.471. The molecule has 2 saturated heterocycles. The third-order valence-corrected chi connectivity index (χ3v) is 7.79. The summed E-state index contributed by atoms with van der Waals surface area (Å²) in [5.41, 5.74) is 1.88. The van der Waals surface area contributed by atoms with Gasteiger partial charge in [-0.15, -0.1) is 0 Å². The van der Waals surface area contributed by atoms with E-state index in [0.29, 0.717) is 79.2 Å². The lowest BCUT2D eigenvalue weighted by Gasteiger charge is -2.29. The van der Waals surface area contributed by atoms with Crippen LogP contribution < -0.4 is 14.2 Å². The predicted molar refractivity (Wildman–Crippen MR) is 166 cm³/mol. The van der Waals surface area contributed by atoms with E-state index in [2.05, 4.69) is 25.3 Å². The predicted octanol–water partition coefficient (Wildman–Crippen LogP) is 5.14. The molecule has 4 rings (SSSR count). The molecule has 9 heteroatoms. The molecule has 2 aromatic rings. The van der Waals surface area contributed by atoms with Crippen molar-refractivity contribution >= 4 is 17.4 Å². The van der Waals surface area contributed by atoms with Crippen LogP contribution in [0.5, 0.6) is 17.2 Å². The molecule has 1 amide bonds. The van der Waals surface area contributed by atoms with Gasteiger partial charge in [0.25, 0.3) is 11.7 Å². The largest absolute Gasteiger partial charge is 0.507 e. The molecule has 43 heavy (non-hydrogen) atoms. The molecule has 0 spiro atoms. The number of likely N-dealkylation sites (tertiary alicyclic amines) is 1. The number of aliphatic hydroxyl groups is 1. The van der Waals surface area contributed by atoms with Crippen LogP contribution in [-0.4, -0.2) is 86.3 Å². The first kappa shape index (κ1) is 32.1. The fourth-order valence-corrected chi connectivity index (χ4v) is 5.42. The smallest absolute Gasteiger partial charge is 0.295 e. The Hall–Kier alpha value is -3.82. The van der Waals surface area contributed by atoms with Crippen molar-refractivity contribution in [3.8, 4) is 17.2 Å². The van der Waals surface area contributed by atoms with Gasteiger partial charge in [0.05, 0.1) is 38.5 Å². The molecule has 0 aromatic heterocycles. The van der Waals surface area contributed by atoms with Crippen molar-refractivity contribution in [3.63, 3.8) is 0 Å².